The molecule has 0 radical (unpaired) electrons. The van der Waals surface area contributed by atoms with Gasteiger partial charge in [0.1, 0.15) is 5.69 Å². The number of rotatable bonds is 6. The van der Waals surface area contributed by atoms with E-state index in [0.29, 0.717) is 5.69 Å². The Bertz CT molecular complexity index is 670. The number of aromatic nitrogens is 3. The smallest absolute Gasteiger partial charge is 0.272 e. The summed E-state index contributed by atoms with van der Waals surface area (Å²) >= 11 is 0. The van der Waals surface area contributed by atoms with Crippen molar-refractivity contribution in [1.82, 2.24) is 20.1 Å². The molecule has 1 saturated heterocycles. The highest BCUT2D eigenvalue weighted by Crippen LogP contribution is 2.32. The van der Waals surface area contributed by atoms with Gasteiger partial charge in [-0.3, -0.25) is 14.9 Å². The zero-order valence-electron chi connectivity index (χ0n) is 13.6. The van der Waals surface area contributed by atoms with Crippen LogP contribution in [0.2, 0.25) is 0 Å². The Morgan fingerprint density at radius 2 is 2.04 bits per heavy atom. The number of ether oxygens (including phenoxy) is 1. The number of H-pyrrole nitrogens is 1. The highest BCUT2D eigenvalue weighted by Gasteiger charge is 2.39. The lowest BCUT2D eigenvalue weighted by molar-refractivity contribution is 0.0198. The Labute approximate surface area is 141 Å². The number of hydrogen-bond donors (Lipinski definition) is 1. The van der Waals surface area contributed by atoms with Gasteiger partial charge in [0, 0.05) is 31.7 Å². The Hall–Kier alpha value is -2.21. The number of amides is 1. The van der Waals surface area contributed by atoms with Gasteiger partial charge in [0.2, 0.25) is 0 Å². The Kier molecular flexibility index (Phi) is 4.30. The minimum atomic E-state index is 0.00378. The van der Waals surface area contributed by atoms with Crippen LogP contribution in [-0.4, -0.2) is 51.3 Å². The summed E-state index contributed by atoms with van der Waals surface area (Å²) in [7, 11) is 0. The number of hydrogen-bond acceptors (Lipinski definition) is 4. The van der Waals surface area contributed by atoms with Crippen LogP contribution < -0.4 is 0 Å². The summed E-state index contributed by atoms with van der Waals surface area (Å²) in [5.74, 6) is 0.730. The predicted molar refractivity (Wildman–Crippen MR) is 88.4 cm³/mol. The van der Waals surface area contributed by atoms with E-state index in [4.69, 9.17) is 4.74 Å². The first-order valence-electron chi connectivity index (χ1n) is 8.62. The fraction of sp³-hybridized carbons (Fsp3) is 0.500. The highest BCUT2D eigenvalue weighted by molar-refractivity contribution is 5.92. The third kappa shape index (κ3) is 3.33. The molecule has 6 nitrogen and oxygen atoms in total. The van der Waals surface area contributed by atoms with Gasteiger partial charge in [0.05, 0.1) is 12.1 Å². The molecule has 0 bridgehead atoms. The van der Waals surface area contributed by atoms with E-state index in [2.05, 4.69) is 15.2 Å². The van der Waals surface area contributed by atoms with Gasteiger partial charge >= 0.3 is 0 Å². The molecule has 2 fully saturated rings. The molecule has 0 spiro atoms. The van der Waals surface area contributed by atoms with Crippen molar-refractivity contribution in [3.8, 4) is 0 Å². The van der Waals surface area contributed by atoms with E-state index < -0.39 is 0 Å². The first-order valence-corrected chi connectivity index (χ1v) is 8.62. The number of aromatic amines is 1. The van der Waals surface area contributed by atoms with Crippen LogP contribution in [0.25, 0.3) is 0 Å². The zero-order valence-corrected chi connectivity index (χ0v) is 13.6. The third-order valence-electron chi connectivity index (χ3n) is 4.91. The largest absolute Gasteiger partial charge is 0.376 e. The molecule has 1 N–H and O–H groups in total. The summed E-state index contributed by atoms with van der Waals surface area (Å²) in [4.78, 5) is 18.8. The summed E-state index contributed by atoms with van der Waals surface area (Å²) in [6.45, 7) is 1.55. The van der Waals surface area contributed by atoms with Gasteiger partial charge in [-0.25, -0.2) is 0 Å². The molecule has 2 aromatic heterocycles. The minimum Gasteiger partial charge on any atom is -0.376 e. The van der Waals surface area contributed by atoms with E-state index >= 15 is 0 Å². The van der Waals surface area contributed by atoms with Crippen LogP contribution in [-0.2, 0) is 11.2 Å². The van der Waals surface area contributed by atoms with Gasteiger partial charge in [0.25, 0.3) is 5.91 Å². The maximum atomic E-state index is 12.8. The van der Waals surface area contributed by atoms with Crippen LogP contribution in [0.3, 0.4) is 0 Å². The molecular formula is C18H22N4O2. The van der Waals surface area contributed by atoms with Crippen molar-refractivity contribution in [3.63, 3.8) is 0 Å². The van der Waals surface area contributed by atoms with Crippen LogP contribution in [0.5, 0.6) is 0 Å². The fourth-order valence-electron chi connectivity index (χ4n) is 3.35. The van der Waals surface area contributed by atoms with E-state index in [1.165, 1.54) is 18.4 Å². The summed E-state index contributed by atoms with van der Waals surface area (Å²) in [6, 6.07) is 5.80. The SMILES string of the molecule is O=C(c1ccn[nH]1)N1CC[C@@H](OCC2CC2)[C@@H]1Cc1ccncc1. The Morgan fingerprint density at radius 3 is 2.75 bits per heavy atom. The molecule has 4 rings (SSSR count). The van der Waals surface area contributed by atoms with E-state index in [-0.39, 0.29) is 18.1 Å². The molecule has 3 heterocycles. The highest BCUT2D eigenvalue weighted by atomic mass is 16.5. The first-order chi connectivity index (χ1) is 11.8. The zero-order chi connectivity index (χ0) is 16.4. The molecule has 1 aliphatic carbocycles. The number of carbonyl (C=O) groups excluding carboxylic acids is 1. The van der Waals surface area contributed by atoms with Crippen LogP contribution in [0.4, 0.5) is 0 Å². The van der Waals surface area contributed by atoms with E-state index in [9.17, 15) is 4.79 Å². The van der Waals surface area contributed by atoms with Gasteiger partial charge in [0.15, 0.2) is 0 Å². The van der Waals surface area contributed by atoms with Crippen molar-refractivity contribution in [2.24, 2.45) is 5.92 Å². The average molecular weight is 326 g/mol. The van der Waals surface area contributed by atoms with Gasteiger partial charge < -0.3 is 9.64 Å². The van der Waals surface area contributed by atoms with E-state index in [0.717, 1.165) is 31.9 Å². The van der Waals surface area contributed by atoms with Gasteiger partial charge in [-0.1, -0.05) is 0 Å². The van der Waals surface area contributed by atoms with E-state index in [1.807, 2.05) is 17.0 Å². The van der Waals surface area contributed by atoms with Crippen molar-refractivity contribution in [3.05, 3.63) is 48.0 Å². The molecule has 24 heavy (non-hydrogen) atoms. The first kappa shape index (κ1) is 15.3. The third-order valence-corrected chi connectivity index (χ3v) is 4.91. The quantitative estimate of drug-likeness (QED) is 0.882. The maximum absolute atomic E-state index is 12.8. The molecule has 126 valence electrons. The summed E-state index contributed by atoms with van der Waals surface area (Å²) in [6.07, 6.45) is 9.54. The predicted octanol–water partition coefficient (Wildman–Crippen LogP) is 2.06. The van der Waals surface area contributed by atoms with Crippen LogP contribution in [0.15, 0.2) is 36.8 Å². The Morgan fingerprint density at radius 1 is 1.21 bits per heavy atom. The van der Waals surface area contributed by atoms with Crippen molar-refractivity contribution in [1.29, 1.82) is 0 Å². The van der Waals surface area contributed by atoms with Gasteiger partial charge in [-0.05, 0) is 55.4 Å². The molecule has 1 aliphatic heterocycles. The molecule has 2 atom stereocenters. The lowest BCUT2D eigenvalue weighted by atomic mass is 10.0. The second kappa shape index (κ2) is 6.73. The summed E-state index contributed by atoms with van der Waals surface area (Å²) < 4.78 is 6.17. The number of likely N-dealkylation sites (tertiary alicyclic amines) is 1. The normalized spacial score (nSPS) is 23.6. The molecule has 2 aromatic rings. The second-order valence-electron chi connectivity index (χ2n) is 6.70. The molecule has 0 unspecified atom stereocenters. The maximum Gasteiger partial charge on any atom is 0.272 e. The molecule has 0 aromatic carbocycles. The van der Waals surface area contributed by atoms with Crippen LogP contribution >= 0.6 is 0 Å². The summed E-state index contributed by atoms with van der Waals surface area (Å²) in [5.41, 5.74) is 1.72. The molecular weight excluding hydrogens is 304 g/mol. The van der Waals surface area contributed by atoms with E-state index in [1.54, 1.807) is 24.7 Å². The number of nitrogens with one attached hydrogen (secondary N) is 1. The van der Waals surface area contributed by atoms with Crippen molar-refractivity contribution in [2.75, 3.05) is 13.2 Å². The standard InChI is InChI=1S/C18H22N4O2/c23-18(15-5-9-20-21-15)22-10-6-17(24-12-14-1-2-14)16(22)11-13-3-7-19-8-4-13/h3-5,7-9,14,16-17H,1-2,6,10-12H2,(H,20,21)/t16-,17+/m0/s1. The number of pyridine rings is 1. The van der Waals surface area contributed by atoms with Gasteiger partial charge in [-0.2, -0.15) is 5.10 Å². The van der Waals surface area contributed by atoms with Crippen LogP contribution in [0, 0.1) is 5.92 Å². The van der Waals surface area contributed by atoms with Gasteiger partial charge in [-0.15, -0.1) is 0 Å². The second-order valence-corrected chi connectivity index (χ2v) is 6.70. The van der Waals surface area contributed by atoms with Crippen LogP contribution in [0.1, 0.15) is 35.3 Å². The fourth-order valence-corrected chi connectivity index (χ4v) is 3.35. The lowest BCUT2D eigenvalue weighted by Crippen LogP contribution is -2.42. The average Bonchev–Trinajstić information content (AvgIpc) is 3.12. The molecule has 1 amide bonds. The molecule has 2 aliphatic rings. The Balaban J connectivity index is 1.51. The monoisotopic (exact) mass is 326 g/mol. The number of nitrogens with zero attached hydrogens (tertiary/aromatic N) is 3. The lowest BCUT2D eigenvalue weighted by Gasteiger charge is -2.28. The van der Waals surface area contributed by atoms with Crippen molar-refractivity contribution >= 4 is 5.91 Å². The van der Waals surface area contributed by atoms with Crippen molar-refractivity contribution < 1.29 is 9.53 Å². The van der Waals surface area contributed by atoms with Crippen molar-refractivity contribution in [2.45, 2.75) is 37.8 Å². The summed E-state index contributed by atoms with van der Waals surface area (Å²) in [5, 5.41) is 6.68. The molecule has 1 saturated carbocycles. The number of carbonyl (C=O) groups is 1. The minimum absolute atomic E-state index is 0.00378. The molecule has 6 heteroatoms. The topological polar surface area (TPSA) is 71.1 Å².